The maximum absolute atomic E-state index is 10.3. The fraction of sp³-hybridized carbons (Fsp3) is 0.727. The Labute approximate surface area is 95.0 Å². The van der Waals surface area contributed by atoms with Gasteiger partial charge in [0, 0.05) is 7.05 Å². The third-order valence-corrected chi connectivity index (χ3v) is 3.07. The van der Waals surface area contributed by atoms with Crippen LogP contribution in [0.1, 0.15) is 31.6 Å². The number of rotatable bonds is 3. The molecule has 1 aliphatic heterocycles. The summed E-state index contributed by atoms with van der Waals surface area (Å²) in [6, 6.07) is 0. The summed E-state index contributed by atoms with van der Waals surface area (Å²) in [5, 5.41) is 14.3. The molecule has 1 aliphatic rings. The zero-order valence-electron chi connectivity index (χ0n) is 9.88. The van der Waals surface area contributed by atoms with Gasteiger partial charge in [-0.05, 0) is 19.8 Å². The van der Waals surface area contributed by atoms with Crippen LogP contribution in [0.4, 0.5) is 0 Å². The Balaban J connectivity index is 2.19. The van der Waals surface area contributed by atoms with Gasteiger partial charge in [0.1, 0.15) is 11.8 Å². The lowest BCUT2D eigenvalue weighted by Gasteiger charge is -2.19. The molecule has 1 aromatic rings. The third kappa shape index (κ3) is 1.92. The van der Waals surface area contributed by atoms with Crippen LogP contribution in [0.5, 0.6) is 5.75 Å². The summed E-state index contributed by atoms with van der Waals surface area (Å²) in [7, 11) is 3.37. The normalized spacial score (nSPS) is 27.0. The molecule has 2 rings (SSSR count). The highest BCUT2D eigenvalue weighted by molar-refractivity contribution is 5.27. The van der Waals surface area contributed by atoms with Gasteiger partial charge in [0.25, 0.3) is 0 Å². The minimum absolute atomic E-state index is 0.153. The molecule has 0 bridgehead atoms. The van der Waals surface area contributed by atoms with Crippen molar-refractivity contribution in [3.63, 3.8) is 0 Å². The monoisotopic (exact) mass is 226 g/mol. The number of aliphatic hydroxyl groups is 1. The Morgan fingerprint density at radius 1 is 1.62 bits per heavy atom. The topological polar surface area (TPSA) is 56.5 Å². The zero-order chi connectivity index (χ0) is 11.7. The highest BCUT2D eigenvalue weighted by Crippen LogP contribution is 2.33. The summed E-state index contributed by atoms with van der Waals surface area (Å²) < 4.78 is 12.5. The van der Waals surface area contributed by atoms with E-state index >= 15 is 0 Å². The summed E-state index contributed by atoms with van der Waals surface area (Å²) in [4.78, 5) is 0. The molecule has 2 heterocycles. The molecule has 0 aliphatic carbocycles. The number of hydrogen-bond donors (Lipinski definition) is 1. The molecule has 1 N–H and O–H groups in total. The average Bonchev–Trinajstić information content (AvgIpc) is 2.83. The van der Waals surface area contributed by atoms with E-state index < -0.39 is 6.10 Å². The quantitative estimate of drug-likeness (QED) is 0.836. The molecular formula is C11H18N2O3. The molecule has 90 valence electrons. The molecule has 5 heteroatoms. The van der Waals surface area contributed by atoms with Gasteiger partial charge in [0.15, 0.2) is 5.75 Å². The molecule has 0 radical (unpaired) electrons. The first-order chi connectivity index (χ1) is 7.63. The van der Waals surface area contributed by atoms with Crippen molar-refractivity contribution in [3.8, 4) is 5.75 Å². The van der Waals surface area contributed by atoms with Crippen LogP contribution >= 0.6 is 0 Å². The number of hydrogen-bond acceptors (Lipinski definition) is 4. The second-order valence-electron chi connectivity index (χ2n) is 4.23. The standard InChI is InChI=1S/C11H18N2O3/c1-7-4-5-8(16-7)11(14)10-9(15-3)6-12-13(10)2/h6-8,11,14H,4-5H2,1-3H3. The summed E-state index contributed by atoms with van der Waals surface area (Å²) in [5.41, 5.74) is 0.682. The van der Waals surface area contributed by atoms with Crippen molar-refractivity contribution in [2.24, 2.45) is 7.05 Å². The molecular weight excluding hydrogens is 208 g/mol. The Bertz CT molecular complexity index is 364. The van der Waals surface area contributed by atoms with E-state index in [4.69, 9.17) is 9.47 Å². The van der Waals surface area contributed by atoms with Crippen LogP contribution in [-0.4, -0.2) is 34.2 Å². The van der Waals surface area contributed by atoms with Gasteiger partial charge in [-0.15, -0.1) is 0 Å². The van der Waals surface area contributed by atoms with Crippen molar-refractivity contribution in [3.05, 3.63) is 11.9 Å². The molecule has 1 saturated heterocycles. The molecule has 0 amide bonds. The largest absolute Gasteiger partial charge is 0.493 e. The Morgan fingerprint density at radius 3 is 2.94 bits per heavy atom. The second kappa shape index (κ2) is 4.43. The van der Waals surface area contributed by atoms with Crippen LogP contribution < -0.4 is 4.74 Å². The lowest BCUT2D eigenvalue weighted by molar-refractivity contribution is -0.0336. The Hall–Kier alpha value is -1.07. The molecule has 5 nitrogen and oxygen atoms in total. The molecule has 1 aromatic heterocycles. The molecule has 3 atom stereocenters. The smallest absolute Gasteiger partial charge is 0.162 e. The van der Waals surface area contributed by atoms with Gasteiger partial charge in [-0.3, -0.25) is 4.68 Å². The minimum atomic E-state index is -0.674. The van der Waals surface area contributed by atoms with Gasteiger partial charge in [-0.1, -0.05) is 0 Å². The predicted octanol–water partition coefficient (Wildman–Crippen LogP) is 1.03. The molecule has 0 aromatic carbocycles. The van der Waals surface area contributed by atoms with Crippen LogP contribution in [0, 0.1) is 0 Å². The molecule has 16 heavy (non-hydrogen) atoms. The van der Waals surface area contributed by atoms with Crippen LogP contribution in [0.3, 0.4) is 0 Å². The van der Waals surface area contributed by atoms with E-state index in [1.807, 2.05) is 6.92 Å². The number of methoxy groups -OCH3 is 1. The molecule has 1 fully saturated rings. The van der Waals surface area contributed by atoms with E-state index in [9.17, 15) is 5.11 Å². The summed E-state index contributed by atoms with van der Waals surface area (Å²) in [6.07, 6.45) is 2.86. The van der Waals surface area contributed by atoms with Crippen molar-refractivity contribution in [2.45, 2.75) is 38.1 Å². The van der Waals surface area contributed by atoms with Crippen LogP contribution in [0.2, 0.25) is 0 Å². The first kappa shape index (κ1) is 11.4. The van der Waals surface area contributed by atoms with Gasteiger partial charge >= 0.3 is 0 Å². The summed E-state index contributed by atoms with van der Waals surface area (Å²) >= 11 is 0. The number of aryl methyl sites for hydroxylation is 1. The number of ether oxygens (including phenoxy) is 2. The van der Waals surface area contributed by atoms with Crippen LogP contribution in [0.25, 0.3) is 0 Å². The lowest BCUT2D eigenvalue weighted by atomic mass is 10.1. The fourth-order valence-electron chi connectivity index (χ4n) is 2.16. The maximum atomic E-state index is 10.3. The lowest BCUT2D eigenvalue weighted by Crippen LogP contribution is -2.21. The SMILES string of the molecule is COc1cnn(C)c1C(O)C1CCC(C)O1. The Kier molecular flexibility index (Phi) is 3.16. The second-order valence-corrected chi connectivity index (χ2v) is 4.23. The third-order valence-electron chi connectivity index (χ3n) is 3.07. The molecule has 0 spiro atoms. The number of aliphatic hydroxyl groups excluding tert-OH is 1. The van der Waals surface area contributed by atoms with E-state index in [2.05, 4.69) is 5.10 Å². The summed E-state index contributed by atoms with van der Waals surface area (Å²) in [6.45, 7) is 2.02. The molecule has 0 saturated carbocycles. The van der Waals surface area contributed by atoms with Gasteiger partial charge in [0.2, 0.25) is 0 Å². The zero-order valence-corrected chi connectivity index (χ0v) is 9.88. The van der Waals surface area contributed by atoms with Gasteiger partial charge in [0.05, 0.1) is 25.5 Å². The van der Waals surface area contributed by atoms with Crippen molar-refractivity contribution in [2.75, 3.05) is 7.11 Å². The van der Waals surface area contributed by atoms with Gasteiger partial charge in [-0.2, -0.15) is 5.10 Å². The van der Waals surface area contributed by atoms with E-state index in [1.165, 1.54) is 0 Å². The Morgan fingerprint density at radius 2 is 2.38 bits per heavy atom. The number of aromatic nitrogens is 2. The molecule has 3 unspecified atom stereocenters. The van der Waals surface area contributed by atoms with Crippen molar-refractivity contribution in [1.82, 2.24) is 9.78 Å². The van der Waals surface area contributed by atoms with E-state index in [0.717, 1.165) is 12.8 Å². The average molecular weight is 226 g/mol. The van der Waals surface area contributed by atoms with Gasteiger partial charge in [-0.25, -0.2) is 0 Å². The predicted molar refractivity (Wildman–Crippen MR) is 58.3 cm³/mol. The number of nitrogens with zero attached hydrogens (tertiary/aromatic N) is 2. The van der Waals surface area contributed by atoms with E-state index in [0.29, 0.717) is 11.4 Å². The highest BCUT2D eigenvalue weighted by Gasteiger charge is 2.32. The van der Waals surface area contributed by atoms with Crippen molar-refractivity contribution >= 4 is 0 Å². The summed E-state index contributed by atoms with van der Waals surface area (Å²) in [5.74, 6) is 0.609. The first-order valence-corrected chi connectivity index (χ1v) is 5.53. The maximum Gasteiger partial charge on any atom is 0.162 e. The van der Waals surface area contributed by atoms with E-state index in [1.54, 1.807) is 25.0 Å². The highest BCUT2D eigenvalue weighted by atomic mass is 16.5. The minimum Gasteiger partial charge on any atom is -0.493 e. The van der Waals surface area contributed by atoms with Crippen LogP contribution in [0.15, 0.2) is 6.20 Å². The van der Waals surface area contributed by atoms with Crippen molar-refractivity contribution < 1.29 is 14.6 Å². The van der Waals surface area contributed by atoms with Gasteiger partial charge < -0.3 is 14.6 Å². The van der Waals surface area contributed by atoms with Crippen molar-refractivity contribution in [1.29, 1.82) is 0 Å². The van der Waals surface area contributed by atoms with E-state index in [-0.39, 0.29) is 12.2 Å². The first-order valence-electron chi connectivity index (χ1n) is 5.53. The fourth-order valence-corrected chi connectivity index (χ4v) is 2.16. The van der Waals surface area contributed by atoms with Crippen LogP contribution in [-0.2, 0) is 11.8 Å².